The average molecular weight is 227 g/mol. The van der Waals surface area contributed by atoms with Gasteiger partial charge >= 0.3 is 0 Å². The highest BCUT2D eigenvalue weighted by atomic mass is 16.3. The number of hydrogen-bond acceptors (Lipinski definition) is 3. The van der Waals surface area contributed by atoms with Gasteiger partial charge in [0.05, 0.1) is 12.1 Å². The first-order chi connectivity index (χ1) is 7.56. The van der Waals surface area contributed by atoms with Crippen LogP contribution in [-0.4, -0.2) is 40.4 Å². The second-order valence-electron chi connectivity index (χ2n) is 4.52. The van der Waals surface area contributed by atoms with E-state index >= 15 is 0 Å². The molecule has 0 aliphatic carbocycles. The fraction of sp³-hybridized carbons (Fsp3) is 0.833. The number of aliphatic hydroxyl groups excluding tert-OH is 1. The van der Waals surface area contributed by atoms with Gasteiger partial charge in [0.2, 0.25) is 5.91 Å². The number of nitrogens with zero attached hydrogens (tertiary/aromatic N) is 1. The highest BCUT2D eigenvalue weighted by Gasteiger charge is 2.36. The Balaban J connectivity index is 2.50. The van der Waals surface area contributed by atoms with Crippen molar-refractivity contribution in [3.63, 3.8) is 0 Å². The molecule has 0 aromatic carbocycles. The number of unbranched alkanes of at least 4 members (excludes halogenated alkanes) is 2. The molecule has 1 aliphatic heterocycles. The van der Waals surface area contributed by atoms with Crippen LogP contribution in [0.5, 0.6) is 0 Å². The molecule has 4 heteroatoms. The van der Waals surface area contributed by atoms with Gasteiger partial charge in [0.25, 0.3) is 0 Å². The van der Waals surface area contributed by atoms with Gasteiger partial charge in [-0.15, -0.1) is 0 Å². The molecule has 0 unspecified atom stereocenters. The van der Waals surface area contributed by atoms with E-state index in [1.807, 2.05) is 0 Å². The number of β-amino-alcohol motifs (C(OH)–C–C–N with tert-alkyl or cyclic N) is 1. The minimum atomic E-state index is -0.538. The molecule has 0 saturated carbocycles. The van der Waals surface area contributed by atoms with Crippen LogP contribution >= 0.6 is 0 Å². The summed E-state index contributed by atoms with van der Waals surface area (Å²) >= 11 is 0. The molecular formula is C12H21NO3. The van der Waals surface area contributed by atoms with Crippen LogP contribution in [0.4, 0.5) is 0 Å². The summed E-state index contributed by atoms with van der Waals surface area (Å²) in [6, 6.07) is -0.399. The largest absolute Gasteiger partial charge is 0.391 e. The van der Waals surface area contributed by atoms with Crippen molar-refractivity contribution in [2.45, 2.75) is 58.1 Å². The van der Waals surface area contributed by atoms with Crippen LogP contribution in [0.15, 0.2) is 0 Å². The molecule has 0 bridgehead atoms. The summed E-state index contributed by atoms with van der Waals surface area (Å²) in [5, 5.41) is 9.49. The van der Waals surface area contributed by atoms with Crippen LogP contribution < -0.4 is 0 Å². The number of Topliss-reactive ketones (excluding diaryl/α,β-unsaturated/α-hetero) is 1. The summed E-state index contributed by atoms with van der Waals surface area (Å²) in [4.78, 5) is 24.7. The molecule has 1 aliphatic rings. The third-order valence-corrected chi connectivity index (χ3v) is 3.06. The van der Waals surface area contributed by atoms with Gasteiger partial charge in [-0.05, 0) is 13.3 Å². The summed E-state index contributed by atoms with van der Waals surface area (Å²) in [5.74, 6) is -0.0226. The van der Waals surface area contributed by atoms with Crippen LogP contribution in [0, 0.1) is 0 Å². The van der Waals surface area contributed by atoms with E-state index in [4.69, 9.17) is 0 Å². The molecule has 2 atom stereocenters. The molecule has 1 heterocycles. The number of carbonyl (C=O) groups excluding carboxylic acids is 2. The molecule has 16 heavy (non-hydrogen) atoms. The molecular weight excluding hydrogens is 206 g/mol. The molecule has 0 aromatic rings. The fourth-order valence-corrected chi connectivity index (χ4v) is 2.14. The summed E-state index contributed by atoms with van der Waals surface area (Å²) in [5.41, 5.74) is 0. The van der Waals surface area contributed by atoms with E-state index in [0.29, 0.717) is 19.4 Å². The number of rotatable bonds is 5. The third-order valence-electron chi connectivity index (χ3n) is 3.06. The van der Waals surface area contributed by atoms with E-state index in [-0.39, 0.29) is 11.7 Å². The zero-order valence-corrected chi connectivity index (χ0v) is 10.1. The smallest absolute Gasteiger partial charge is 0.223 e. The fourth-order valence-electron chi connectivity index (χ4n) is 2.14. The van der Waals surface area contributed by atoms with Crippen molar-refractivity contribution < 1.29 is 14.7 Å². The Morgan fingerprint density at radius 1 is 1.38 bits per heavy atom. The number of amides is 1. The minimum Gasteiger partial charge on any atom is -0.391 e. The zero-order chi connectivity index (χ0) is 12.1. The Labute approximate surface area is 96.6 Å². The second-order valence-corrected chi connectivity index (χ2v) is 4.52. The monoisotopic (exact) mass is 227 g/mol. The van der Waals surface area contributed by atoms with Gasteiger partial charge in [-0.1, -0.05) is 19.8 Å². The van der Waals surface area contributed by atoms with Crippen molar-refractivity contribution in [3.05, 3.63) is 0 Å². The van der Waals surface area contributed by atoms with Crippen LogP contribution in [-0.2, 0) is 9.59 Å². The number of carbonyl (C=O) groups is 2. The molecule has 0 spiro atoms. The molecule has 4 nitrogen and oxygen atoms in total. The number of aliphatic hydroxyl groups is 1. The van der Waals surface area contributed by atoms with Crippen LogP contribution in [0.2, 0.25) is 0 Å². The number of hydrogen-bond donors (Lipinski definition) is 1. The van der Waals surface area contributed by atoms with Crippen LogP contribution in [0.3, 0.4) is 0 Å². The summed E-state index contributed by atoms with van der Waals surface area (Å²) in [6.07, 6.45) is 3.33. The van der Waals surface area contributed by atoms with Gasteiger partial charge in [0.15, 0.2) is 5.78 Å². The number of ketones is 1. The molecule has 1 rings (SSSR count). The lowest BCUT2D eigenvalue weighted by molar-refractivity contribution is -0.137. The van der Waals surface area contributed by atoms with Crippen LogP contribution in [0.1, 0.15) is 46.0 Å². The maximum Gasteiger partial charge on any atom is 0.223 e. The Kier molecular flexibility index (Phi) is 4.93. The lowest BCUT2D eigenvalue weighted by Crippen LogP contribution is -2.39. The quantitative estimate of drug-likeness (QED) is 0.716. The molecule has 0 aromatic heterocycles. The summed E-state index contributed by atoms with van der Waals surface area (Å²) in [7, 11) is 0. The van der Waals surface area contributed by atoms with Gasteiger partial charge in [-0.3, -0.25) is 9.59 Å². The van der Waals surface area contributed by atoms with E-state index in [1.165, 1.54) is 6.92 Å². The first-order valence-electron chi connectivity index (χ1n) is 6.04. The Hall–Kier alpha value is -0.900. The topological polar surface area (TPSA) is 57.6 Å². The third kappa shape index (κ3) is 3.30. The summed E-state index contributed by atoms with van der Waals surface area (Å²) in [6.45, 7) is 3.88. The lowest BCUT2D eigenvalue weighted by atomic mass is 10.1. The predicted octanol–water partition coefficient (Wildman–Crippen LogP) is 1.12. The van der Waals surface area contributed by atoms with E-state index in [0.717, 1.165) is 19.3 Å². The normalized spacial score (nSPS) is 24.8. The van der Waals surface area contributed by atoms with Crippen molar-refractivity contribution in [2.75, 3.05) is 6.54 Å². The van der Waals surface area contributed by atoms with E-state index in [1.54, 1.807) is 4.90 Å². The van der Waals surface area contributed by atoms with Crippen molar-refractivity contribution in [2.24, 2.45) is 0 Å². The van der Waals surface area contributed by atoms with Crippen molar-refractivity contribution in [3.8, 4) is 0 Å². The molecule has 1 fully saturated rings. The molecule has 0 radical (unpaired) electrons. The van der Waals surface area contributed by atoms with Crippen LogP contribution in [0.25, 0.3) is 0 Å². The summed E-state index contributed by atoms with van der Waals surface area (Å²) < 4.78 is 0. The van der Waals surface area contributed by atoms with Gasteiger partial charge in [-0.2, -0.15) is 0 Å². The first kappa shape index (κ1) is 13.2. The molecule has 92 valence electrons. The van der Waals surface area contributed by atoms with E-state index in [2.05, 4.69) is 6.92 Å². The van der Waals surface area contributed by atoms with Gasteiger partial charge in [0, 0.05) is 19.4 Å². The maximum absolute atomic E-state index is 11.8. The predicted molar refractivity (Wildman–Crippen MR) is 60.9 cm³/mol. The van der Waals surface area contributed by atoms with E-state index < -0.39 is 12.1 Å². The number of likely N-dealkylation sites (tertiary alicyclic amines) is 1. The Bertz CT molecular complexity index is 265. The molecule has 1 N–H and O–H groups in total. The van der Waals surface area contributed by atoms with Crippen molar-refractivity contribution >= 4 is 11.7 Å². The second kappa shape index (κ2) is 5.99. The maximum atomic E-state index is 11.8. The highest BCUT2D eigenvalue weighted by molar-refractivity contribution is 5.88. The van der Waals surface area contributed by atoms with Gasteiger partial charge in [-0.25, -0.2) is 0 Å². The Morgan fingerprint density at radius 2 is 2.06 bits per heavy atom. The minimum absolute atomic E-state index is 0.00481. The lowest BCUT2D eigenvalue weighted by Gasteiger charge is -2.22. The zero-order valence-electron chi connectivity index (χ0n) is 10.1. The van der Waals surface area contributed by atoms with Gasteiger partial charge < -0.3 is 10.0 Å². The molecule has 1 amide bonds. The SMILES string of the molecule is CCCCCC(=O)N1C[C@@H](O)C[C@H]1C(C)=O. The highest BCUT2D eigenvalue weighted by Crippen LogP contribution is 2.20. The average Bonchev–Trinajstić information content (AvgIpc) is 2.61. The van der Waals surface area contributed by atoms with E-state index in [9.17, 15) is 14.7 Å². The molecule has 1 saturated heterocycles. The standard InChI is InChI=1S/C12H21NO3/c1-3-4-5-6-12(16)13-8-10(15)7-11(13)9(2)14/h10-11,15H,3-8H2,1-2H3/t10-,11-/m0/s1. The van der Waals surface area contributed by atoms with Crippen molar-refractivity contribution in [1.29, 1.82) is 0 Å². The Morgan fingerprint density at radius 3 is 2.62 bits per heavy atom. The van der Waals surface area contributed by atoms with Gasteiger partial charge in [0.1, 0.15) is 0 Å². The van der Waals surface area contributed by atoms with Crippen molar-refractivity contribution in [1.82, 2.24) is 4.90 Å². The first-order valence-corrected chi connectivity index (χ1v) is 6.04.